The molecule has 3 heteroatoms. The summed E-state index contributed by atoms with van der Waals surface area (Å²) in [6.07, 6.45) is 12.8. The SMILES string of the molecule is C=C(C1CCC(CC/C=C(\F)C#N)CC1)C1CCC(c2ccc(C#N)cc2)CC1. The highest BCUT2D eigenvalue weighted by Crippen LogP contribution is 2.44. The molecule has 0 atom stereocenters. The summed E-state index contributed by atoms with van der Waals surface area (Å²) in [6, 6.07) is 11.9. The van der Waals surface area contributed by atoms with Gasteiger partial charge in [-0.15, -0.1) is 0 Å². The molecule has 0 saturated heterocycles. The van der Waals surface area contributed by atoms with Crippen molar-refractivity contribution in [3.05, 3.63) is 59.4 Å². The van der Waals surface area contributed by atoms with Crippen molar-refractivity contribution in [3.8, 4) is 12.1 Å². The van der Waals surface area contributed by atoms with Crippen molar-refractivity contribution < 1.29 is 4.39 Å². The topological polar surface area (TPSA) is 47.6 Å². The Hall–Kier alpha value is -2.39. The van der Waals surface area contributed by atoms with Crippen LogP contribution in [0.15, 0.2) is 48.3 Å². The van der Waals surface area contributed by atoms with Crippen LogP contribution < -0.4 is 0 Å². The number of benzene rings is 1. The Kier molecular flexibility index (Phi) is 7.65. The molecule has 1 aromatic rings. The van der Waals surface area contributed by atoms with Crippen molar-refractivity contribution in [1.29, 1.82) is 10.5 Å². The van der Waals surface area contributed by atoms with Crippen LogP contribution in [0.25, 0.3) is 0 Å². The van der Waals surface area contributed by atoms with Gasteiger partial charge in [-0.05, 0) is 112 Å². The van der Waals surface area contributed by atoms with Gasteiger partial charge in [0, 0.05) is 0 Å². The zero-order valence-electron chi connectivity index (χ0n) is 17.2. The molecule has 2 nitrogen and oxygen atoms in total. The zero-order valence-corrected chi connectivity index (χ0v) is 17.2. The average molecular weight is 391 g/mol. The molecule has 3 rings (SSSR count). The molecule has 2 aliphatic carbocycles. The molecule has 0 radical (unpaired) electrons. The van der Waals surface area contributed by atoms with Gasteiger partial charge in [-0.1, -0.05) is 24.3 Å². The third kappa shape index (κ3) is 5.80. The second kappa shape index (κ2) is 10.4. The number of hydrogen-bond acceptors (Lipinski definition) is 2. The standard InChI is InChI=1S/C26H31FN2/c1-19(22-9-5-20(6-10-22)3-2-4-26(27)18-29)23-13-15-25(16-14-23)24-11-7-21(17-28)8-12-24/h4,7-8,11-12,20,22-23,25H,1-3,5-6,9-10,13-16H2/b26-4-. The molecule has 2 saturated carbocycles. The van der Waals surface area contributed by atoms with E-state index in [0.29, 0.717) is 30.1 Å². The van der Waals surface area contributed by atoms with Crippen LogP contribution in [0, 0.1) is 40.4 Å². The lowest BCUT2D eigenvalue weighted by Gasteiger charge is -2.36. The third-order valence-corrected chi connectivity index (χ3v) is 7.14. The second-order valence-corrected chi connectivity index (χ2v) is 8.82. The maximum Gasteiger partial charge on any atom is 0.196 e. The highest BCUT2D eigenvalue weighted by Gasteiger charge is 2.29. The maximum atomic E-state index is 12.9. The number of halogens is 1. The molecule has 0 N–H and O–H groups in total. The van der Waals surface area contributed by atoms with Gasteiger partial charge in [0.1, 0.15) is 6.07 Å². The summed E-state index contributed by atoms with van der Waals surface area (Å²) in [4.78, 5) is 0. The minimum absolute atomic E-state index is 0.615. The summed E-state index contributed by atoms with van der Waals surface area (Å²) in [5.74, 6) is 1.93. The van der Waals surface area contributed by atoms with Crippen LogP contribution in [0.2, 0.25) is 0 Å². The van der Waals surface area contributed by atoms with Crippen molar-refractivity contribution >= 4 is 0 Å². The largest absolute Gasteiger partial charge is 0.196 e. The summed E-state index contributed by atoms with van der Waals surface area (Å²) in [7, 11) is 0. The summed E-state index contributed by atoms with van der Waals surface area (Å²) < 4.78 is 12.9. The Bertz CT molecular complexity index is 793. The summed E-state index contributed by atoms with van der Waals surface area (Å²) in [6.45, 7) is 4.51. The predicted octanol–water partition coefficient (Wildman–Crippen LogP) is 7.35. The van der Waals surface area contributed by atoms with Gasteiger partial charge in [-0.25, -0.2) is 0 Å². The lowest BCUT2D eigenvalue weighted by atomic mass is 9.69. The van der Waals surface area contributed by atoms with Crippen molar-refractivity contribution in [2.45, 2.75) is 70.1 Å². The average Bonchev–Trinajstić information content (AvgIpc) is 2.79. The second-order valence-electron chi connectivity index (χ2n) is 8.82. The Morgan fingerprint density at radius 2 is 1.55 bits per heavy atom. The minimum atomic E-state index is -0.649. The molecule has 0 unspecified atom stereocenters. The highest BCUT2D eigenvalue weighted by atomic mass is 19.1. The van der Waals surface area contributed by atoms with Gasteiger partial charge in [0.2, 0.25) is 0 Å². The van der Waals surface area contributed by atoms with E-state index in [2.05, 4.69) is 24.8 Å². The molecule has 0 aliphatic heterocycles. The molecule has 0 spiro atoms. The van der Waals surface area contributed by atoms with E-state index in [9.17, 15) is 4.39 Å². The Morgan fingerprint density at radius 3 is 2.10 bits per heavy atom. The smallest absolute Gasteiger partial charge is 0.195 e. The molecule has 0 aromatic heterocycles. The van der Waals surface area contributed by atoms with Gasteiger partial charge in [0.05, 0.1) is 11.6 Å². The van der Waals surface area contributed by atoms with Gasteiger partial charge in [-0.2, -0.15) is 14.9 Å². The molecule has 29 heavy (non-hydrogen) atoms. The molecule has 1 aromatic carbocycles. The first-order valence-corrected chi connectivity index (χ1v) is 11.0. The van der Waals surface area contributed by atoms with Crippen molar-refractivity contribution in [3.63, 3.8) is 0 Å². The van der Waals surface area contributed by atoms with Crippen LogP contribution in [0.1, 0.15) is 81.3 Å². The fourth-order valence-corrected chi connectivity index (χ4v) is 5.27. The van der Waals surface area contributed by atoms with Gasteiger partial charge in [-0.3, -0.25) is 0 Å². The first kappa shape index (κ1) is 21.3. The molecule has 0 heterocycles. The summed E-state index contributed by atoms with van der Waals surface area (Å²) in [5.41, 5.74) is 3.57. The van der Waals surface area contributed by atoms with Crippen LogP contribution in [0.4, 0.5) is 4.39 Å². The Labute approximate surface area is 174 Å². The highest BCUT2D eigenvalue weighted by molar-refractivity contribution is 5.33. The number of nitrogens with zero attached hydrogens (tertiary/aromatic N) is 2. The molecule has 2 fully saturated rings. The maximum absolute atomic E-state index is 12.9. The van der Waals surface area contributed by atoms with E-state index in [1.54, 1.807) is 6.07 Å². The van der Waals surface area contributed by atoms with Crippen molar-refractivity contribution in [1.82, 2.24) is 0 Å². The molecule has 0 amide bonds. The lowest BCUT2D eigenvalue weighted by Crippen LogP contribution is -2.22. The first-order valence-electron chi connectivity index (χ1n) is 11.0. The van der Waals surface area contributed by atoms with E-state index in [-0.39, 0.29) is 0 Å². The molecule has 2 aliphatic rings. The van der Waals surface area contributed by atoms with E-state index in [1.807, 2.05) is 12.1 Å². The number of rotatable bonds is 6. The van der Waals surface area contributed by atoms with Gasteiger partial charge in [0.25, 0.3) is 0 Å². The van der Waals surface area contributed by atoms with Crippen LogP contribution in [-0.2, 0) is 0 Å². The van der Waals surface area contributed by atoms with E-state index in [4.69, 9.17) is 10.5 Å². The first-order chi connectivity index (χ1) is 14.1. The number of hydrogen-bond donors (Lipinski definition) is 0. The van der Waals surface area contributed by atoms with Crippen LogP contribution in [0.3, 0.4) is 0 Å². The van der Waals surface area contributed by atoms with Gasteiger partial charge < -0.3 is 0 Å². The molecule has 152 valence electrons. The fraction of sp³-hybridized carbons (Fsp3) is 0.538. The Morgan fingerprint density at radius 1 is 0.966 bits per heavy atom. The van der Waals surface area contributed by atoms with E-state index in [1.165, 1.54) is 68.6 Å². The minimum Gasteiger partial charge on any atom is -0.195 e. The third-order valence-electron chi connectivity index (χ3n) is 7.14. The predicted molar refractivity (Wildman–Crippen MR) is 114 cm³/mol. The monoisotopic (exact) mass is 390 g/mol. The fourth-order valence-electron chi connectivity index (χ4n) is 5.27. The zero-order chi connectivity index (χ0) is 20.6. The summed E-state index contributed by atoms with van der Waals surface area (Å²) >= 11 is 0. The van der Waals surface area contributed by atoms with Crippen LogP contribution >= 0.6 is 0 Å². The van der Waals surface area contributed by atoms with E-state index >= 15 is 0 Å². The lowest BCUT2D eigenvalue weighted by molar-refractivity contribution is 0.260. The molecular weight excluding hydrogens is 359 g/mol. The van der Waals surface area contributed by atoms with Crippen molar-refractivity contribution in [2.24, 2.45) is 17.8 Å². The van der Waals surface area contributed by atoms with E-state index in [0.717, 1.165) is 12.0 Å². The number of allylic oxidation sites excluding steroid dienone is 3. The molecule has 0 bridgehead atoms. The van der Waals surface area contributed by atoms with Crippen LogP contribution in [0.5, 0.6) is 0 Å². The van der Waals surface area contributed by atoms with Gasteiger partial charge in [0.15, 0.2) is 5.83 Å². The molecular formula is C26H31FN2. The van der Waals surface area contributed by atoms with Crippen LogP contribution in [-0.4, -0.2) is 0 Å². The quantitative estimate of drug-likeness (QED) is 0.376. The normalized spacial score (nSPS) is 27.6. The Balaban J connectivity index is 1.42. The van der Waals surface area contributed by atoms with Gasteiger partial charge >= 0.3 is 0 Å². The van der Waals surface area contributed by atoms with E-state index < -0.39 is 5.83 Å². The summed E-state index contributed by atoms with van der Waals surface area (Å²) in [5, 5.41) is 17.4. The number of nitriles is 2. The van der Waals surface area contributed by atoms with Crippen molar-refractivity contribution in [2.75, 3.05) is 0 Å².